The van der Waals surface area contributed by atoms with Gasteiger partial charge in [0, 0.05) is 19.0 Å². The van der Waals surface area contributed by atoms with E-state index in [-0.39, 0.29) is 11.8 Å². The molecule has 0 aromatic rings. The lowest BCUT2D eigenvalue weighted by Crippen LogP contribution is -2.45. The molecule has 0 aliphatic carbocycles. The zero-order valence-electron chi connectivity index (χ0n) is 11.4. The third-order valence-electron chi connectivity index (χ3n) is 3.69. The molecule has 0 aromatic heterocycles. The van der Waals surface area contributed by atoms with Crippen LogP contribution in [0.4, 0.5) is 0 Å². The Balaban J connectivity index is 2.31. The largest absolute Gasteiger partial charge is 0.379 e. The van der Waals surface area contributed by atoms with E-state index in [1.54, 1.807) is 0 Å². The first-order valence-corrected chi connectivity index (χ1v) is 6.76. The van der Waals surface area contributed by atoms with Gasteiger partial charge in [0.15, 0.2) is 0 Å². The Labute approximate surface area is 105 Å². The van der Waals surface area contributed by atoms with Crippen molar-refractivity contribution in [2.75, 3.05) is 33.0 Å². The van der Waals surface area contributed by atoms with Gasteiger partial charge < -0.3 is 10.1 Å². The molecule has 0 radical (unpaired) electrons. The Bertz CT molecular complexity index is 227. The van der Waals surface area contributed by atoms with Crippen LogP contribution in [0.3, 0.4) is 0 Å². The molecule has 0 spiro atoms. The molecule has 1 aliphatic heterocycles. The summed E-state index contributed by atoms with van der Waals surface area (Å²) in [6, 6.07) is 0. The minimum Gasteiger partial charge on any atom is -0.379 e. The van der Waals surface area contributed by atoms with Crippen molar-refractivity contribution >= 4 is 5.91 Å². The molecule has 4 nitrogen and oxygen atoms in total. The van der Waals surface area contributed by atoms with Crippen LogP contribution in [-0.2, 0) is 9.53 Å². The number of hydrogen-bond donors (Lipinski definition) is 1. The van der Waals surface area contributed by atoms with Gasteiger partial charge in [-0.15, -0.1) is 0 Å². The molecular formula is C13H26N2O2. The van der Waals surface area contributed by atoms with Gasteiger partial charge >= 0.3 is 0 Å². The van der Waals surface area contributed by atoms with Gasteiger partial charge in [0.05, 0.1) is 19.9 Å². The Hall–Kier alpha value is -0.610. The second-order valence-corrected chi connectivity index (χ2v) is 4.83. The zero-order chi connectivity index (χ0) is 12.7. The summed E-state index contributed by atoms with van der Waals surface area (Å²) in [5, 5.41) is 3.05. The first kappa shape index (κ1) is 14.5. The summed E-state index contributed by atoms with van der Waals surface area (Å²) in [5.41, 5.74) is 0. The van der Waals surface area contributed by atoms with Crippen LogP contribution in [0.15, 0.2) is 0 Å². The fourth-order valence-electron chi connectivity index (χ4n) is 2.21. The maximum absolute atomic E-state index is 12.0. The smallest absolute Gasteiger partial charge is 0.224 e. The third kappa shape index (κ3) is 4.64. The lowest BCUT2D eigenvalue weighted by atomic mass is 9.89. The summed E-state index contributed by atoms with van der Waals surface area (Å²) in [6.07, 6.45) is 1.98. The topological polar surface area (TPSA) is 41.6 Å². The van der Waals surface area contributed by atoms with E-state index in [1.165, 1.54) is 0 Å². The molecule has 1 rings (SSSR count). The van der Waals surface area contributed by atoms with Crippen LogP contribution in [0.25, 0.3) is 0 Å². The average molecular weight is 242 g/mol. The van der Waals surface area contributed by atoms with E-state index in [2.05, 4.69) is 31.0 Å². The highest BCUT2D eigenvalue weighted by Gasteiger charge is 2.22. The minimum absolute atomic E-state index is 0.154. The van der Waals surface area contributed by atoms with Gasteiger partial charge in [-0.05, 0) is 12.3 Å². The molecule has 0 bridgehead atoms. The summed E-state index contributed by atoms with van der Waals surface area (Å²) < 4.78 is 5.28. The van der Waals surface area contributed by atoms with Crippen molar-refractivity contribution in [2.24, 2.45) is 11.8 Å². The van der Waals surface area contributed by atoms with Crippen molar-refractivity contribution in [1.82, 2.24) is 10.2 Å². The van der Waals surface area contributed by atoms with Gasteiger partial charge in [-0.1, -0.05) is 27.2 Å². The van der Waals surface area contributed by atoms with Crippen LogP contribution in [0.5, 0.6) is 0 Å². The molecule has 1 N–H and O–H groups in total. The van der Waals surface area contributed by atoms with Crippen LogP contribution < -0.4 is 5.32 Å². The molecule has 0 saturated carbocycles. The number of carbonyl (C=O) groups excluding carboxylic acids is 1. The molecule has 4 heteroatoms. The van der Waals surface area contributed by atoms with E-state index in [9.17, 15) is 4.79 Å². The van der Waals surface area contributed by atoms with Crippen molar-refractivity contribution in [3.63, 3.8) is 0 Å². The van der Waals surface area contributed by atoms with E-state index in [4.69, 9.17) is 4.74 Å². The highest BCUT2D eigenvalue weighted by atomic mass is 16.5. The van der Waals surface area contributed by atoms with Crippen LogP contribution >= 0.6 is 0 Å². The molecule has 1 saturated heterocycles. The Morgan fingerprint density at radius 2 is 1.94 bits per heavy atom. The maximum Gasteiger partial charge on any atom is 0.224 e. The molecule has 2 unspecified atom stereocenters. The van der Waals surface area contributed by atoms with Crippen molar-refractivity contribution in [1.29, 1.82) is 0 Å². The number of hydrogen-bond acceptors (Lipinski definition) is 3. The number of nitrogens with one attached hydrogen (secondary N) is 1. The summed E-state index contributed by atoms with van der Waals surface area (Å²) >= 11 is 0. The molecule has 1 heterocycles. The predicted molar refractivity (Wildman–Crippen MR) is 68.6 cm³/mol. The fourth-order valence-corrected chi connectivity index (χ4v) is 2.21. The maximum atomic E-state index is 12.0. The van der Waals surface area contributed by atoms with Crippen molar-refractivity contribution < 1.29 is 9.53 Å². The summed E-state index contributed by atoms with van der Waals surface area (Å²) in [6.45, 7) is 10.4. The van der Waals surface area contributed by atoms with Gasteiger partial charge in [0.1, 0.15) is 0 Å². The number of carbonyl (C=O) groups is 1. The van der Waals surface area contributed by atoms with Crippen LogP contribution in [0.1, 0.15) is 33.6 Å². The predicted octanol–water partition coefficient (Wildman–Crippen LogP) is 1.46. The second-order valence-electron chi connectivity index (χ2n) is 4.83. The molecular weight excluding hydrogens is 216 g/mol. The van der Waals surface area contributed by atoms with Gasteiger partial charge in [-0.25, -0.2) is 0 Å². The fraction of sp³-hybridized carbons (Fsp3) is 0.923. The van der Waals surface area contributed by atoms with Gasteiger partial charge in [-0.3, -0.25) is 9.69 Å². The lowest BCUT2D eigenvalue weighted by Gasteiger charge is -2.28. The van der Waals surface area contributed by atoms with Crippen molar-refractivity contribution in [3.8, 4) is 0 Å². The SMILES string of the molecule is CCC(C)C(CC)C(=O)NCN1CCOCC1. The number of morpholine rings is 1. The highest BCUT2D eigenvalue weighted by molar-refractivity contribution is 5.78. The Morgan fingerprint density at radius 1 is 1.29 bits per heavy atom. The normalized spacial score (nSPS) is 20.9. The number of nitrogens with zero attached hydrogens (tertiary/aromatic N) is 1. The number of amides is 1. The summed E-state index contributed by atoms with van der Waals surface area (Å²) in [4.78, 5) is 14.3. The van der Waals surface area contributed by atoms with E-state index >= 15 is 0 Å². The standard InChI is InChI=1S/C13H26N2O2/c1-4-11(3)12(5-2)13(16)14-10-15-6-8-17-9-7-15/h11-12H,4-10H2,1-3H3,(H,14,16). The monoisotopic (exact) mass is 242 g/mol. The summed E-state index contributed by atoms with van der Waals surface area (Å²) in [5.74, 6) is 0.819. The van der Waals surface area contributed by atoms with Gasteiger partial charge in [-0.2, -0.15) is 0 Å². The summed E-state index contributed by atoms with van der Waals surface area (Å²) in [7, 11) is 0. The molecule has 1 aliphatic rings. The van der Waals surface area contributed by atoms with Crippen molar-refractivity contribution in [3.05, 3.63) is 0 Å². The molecule has 1 fully saturated rings. The first-order chi connectivity index (χ1) is 8.19. The van der Waals surface area contributed by atoms with E-state index < -0.39 is 0 Å². The van der Waals surface area contributed by atoms with Crippen LogP contribution in [0.2, 0.25) is 0 Å². The Morgan fingerprint density at radius 3 is 2.47 bits per heavy atom. The Kier molecular flexibility index (Phi) is 6.52. The van der Waals surface area contributed by atoms with Crippen LogP contribution in [-0.4, -0.2) is 43.8 Å². The quantitative estimate of drug-likeness (QED) is 0.767. The molecule has 100 valence electrons. The highest BCUT2D eigenvalue weighted by Crippen LogP contribution is 2.18. The molecule has 17 heavy (non-hydrogen) atoms. The number of ether oxygens (including phenoxy) is 1. The second kappa shape index (κ2) is 7.67. The zero-order valence-corrected chi connectivity index (χ0v) is 11.4. The minimum atomic E-state index is 0.154. The van der Waals surface area contributed by atoms with E-state index in [1.807, 2.05) is 0 Å². The molecule has 0 aromatic carbocycles. The average Bonchev–Trinajstić information content (AvgIpc) is 2.38. The van der Waals surface area contributed by atoms with Crippen molar-refractivity contribution in [2.45, 2.75) is 33.6 Å². The van der Waals surface area contributed by atoms with E-state index in [0.717, 1.165) is 39.1 Å². The lowest BCUT2D eigenvalue weighted by molar-refractivity contribution is -0.127. The third-order valence-corrected chi connectivity index (χ3v) is 3.69. The van der Waals surface area contributed by atoms with E-state index in [0.29, 0.717) is 12.6 Å². The van der Waals surface area contributed by atoms with Gasteiger partial charge in [0.25, 0.3) is 0 Å². The molecule has 2 atom stereocenters. The number of rotatable bonds is 6. The molecule has 1 amide bonds. The first-order valence-electron chi connectivity index (χ1n) is 6.76. The van der Waals surface area contributed by atoms with Crippen LogP contribution in [0, 0.1) is 11.8 Å². The van der Waals surface area contributed by atoms with Gasteiger partial charge in [0.2, 0.25) is 5.91 Å².